The van der Waals surface area contributed by atoms with Gasteiger partial charge >= 0.3 is 6.09 Å². The Morgan fingerprint density at radius 2 is 1.59 bits per heavy atom. The second-order valence-electron chi connectivity index (χ2n) is 7.43. The van der Waals surface area contributed by atoms with Crippen LogP contribution in [0.5, 0.6) is 11.5 Å². The van der Waals surface area contributed by atoms with Crippen LogP contribution < -0.4 is 13.8 Å². The first kappa shape index (κ1) is 25.2. The molecule has 184 valence electrons. The molecule has 34 heavy (non-hydrogen) atoms. The number of rotatable bonds is 8. The van der Waals surface area contributed by atoms with Gasteiger partial charge in [-0.3, -0.25) is 9.10 Å². The molecule has 0 aliphatic carbocycles. The Balaban J connectivity index is 1.90. The minimum atomic E-state index is -4.11. The smallest absolute Gasteiger partial charge is 0.409 e. The van der Waals surface area contributed by atoms with Gasteiger partial charge in [-0.15, -0.1) is 0 Å². The minimum Gasteiger partial charge on any atom is -0.497 e. The van der Waals surface area contributed by atoms with Crippen LogP contribution in [0.3, 0.4) is 0 Å². The minimum absolute atomic E-state index is 0.0415. The zero-order valence-electron chi connectivity index (χ0n) is 19.5. The third-order valence-corrected chi connectivity index (χ3v) is 7.20. The Morgan fingerprint density at radius 3 is 2.18 bits per heavy atom. The Labute approximate surface area is 199 Å². The lowest BCUT2D eigenvalue weighted by Gasteiger charge is -2.35. The number of piperazine rings is 1. The number of carbonyl (C=O) groups is 2. The highest BCUT2D eigenvalue weighted by molar-refractivity contribution is 7.92. The van der Waals surface area contributed by atoms with Crippen molar-refractivity contribution in [1.29, 1.82) is 0 Å². The monoisotopic (exact) mass is 491 g/mol. The molecule has 2 aromatic carbocycles. The predicted octanol–water partition coefficient (Wildman–Crippen LogP) is 2.20. The molecule has 3 rings (SSSR count). The maximum Gasteiger partial charge on any atom is 0.409 e. The number of sulfonamides is 1. The van der Waals surface area contributed by atoms with Crippen LogP contribution >= 0.6 is 0 Å². The van der Waals surface area contributed by atoms with Gasteiger partial charge in [0.15, 0.2) is 0 Å². The third-order valence-electron chi connectivity index (χ3n) is 5.42. The molecule has 0 aromatic heterocycles. The highest BCUT2D eigenvalue weighted by Crippen LogP contribution is 2.35. The molecule has 0 saturated carbocycles. The zero-order valence-corrected chi connectivity index (χ0v) is 20.3. The molecule has 1 saturated heterocycles. The van der Waals surface area contributed by atoms with Gasteiger partial charge in [0.2, 0.25) is 5.91 Å². The summed E-state index contributed by atoms with van der Waals surface area (Å²) in [5.74, 6) is 0.299. The van der Waals surface area contributed by atoms with E-state index in [4.69, 9.17) is 14.2 Å². The van der Waals surface area contributed by atoms with Gasteiger partial charge in [-0.1, -0.05) is 18.2 Å². The maximum absolute atomic E-state index is 13.6. The lowest BCUT2D eigenvalue weighted by atomic mass is 10.2. The van der Waals surface area contributed by atoms with E-state index in [1.807, 2.05) is 0 Å². The van der Waals surface area contributed by atoms with Crippen molar-refractivity contribution in [3.63, 3.8) is 0 Å². The highest BCUT2D eigenvalue weighted by Gasteiger charge is 2.33. The summed E-state index contributed by atoms with van der Waals surface area (Å²) in [6, 6.07) is 12.6. The van der Waals surface area contributed by atoms with Crippen molar-refractivity contribution in [2.75, 3.05) is 57.9 Å². The van der Waals surface area contributed by atoms with Gasteiger partial charge in [0, 0.05) is 32.2 Å². The molecule has 1 aliphatic heterocycles. The van der Waals surface area contributed by atoms with Gasteiger partial charge < -0.3 is 24.0 Å². The summed E-state index contributed by atoms with van der Waals surface area (Å²) in [4.78, 5) is 28.3. The number of amides is 2. The zero-order chi connectivity index (χ0) is 24.7. The molecule has 1 heterocycles. The standard InChI is InChI=1S/C23H29N3O7S/c1-4-33-23(28)25-14-12-24(13-15-25)22(27)17-26(34(29,30)19-8-6-5-7-9-19)20-16-18(31-2)10-11-21(20)32-3/h5-11,16H,4,12-15,17H2,1-3H3. The van der Waals surface area contributed by atoms with Crippen LogP contribution in [0, 0.1) is 0 Å². The summed E-state index contributed by atoms with van der Waals surface area (Å²) < 4.78 is 44.0. The fraction of sp³-hybridized carbons (Fsp3) is 0.391. The molecule has 2 aromatic rings. The van der Waals surface area contributed by atoms with Crippen LogP contribution in [0.2, 0.25) is 0 Å². The van der Waals surface area contributed by atoms with Crippen LogP contribution in [0.4, 0.5) is 10.5 Å². The Morgan fingerprint density at radius 1 is 0.941 bits per heavy atom. The SMILES string of the molecule is CCOC(=O)N1CCN(C(=O)CN(c2cc(OC)ccc2OC)S(=O)(=O)c2ccccc2)CC1. The summed E-state index contributed by atoms with van der Waals surface area (Å²) in [5.41, 5.74) is 0.184. The van der Waals surface area contributed by atoms with Crippen molar-refractivity contribution < 1.29 is 32.2 Å². The van der Waals surface area contributed by atoms with Crippen molar-refractivity contribution in [3.8, 4) is 11.5 Å². The second kappa shape index (κ2) is 11.1. The van der Waals surface area contributed by atoms with E-state index in [1.54, 1.807) is 37.3 Å². The Hall–Kier alpha value is -3.47. The number of methoxy groups -OCH3 is 2. The van der Waals surface area contributed by atoms with Crippen molar-refractivity contribution in [3.05, 3.63) is 48.5 Å². The fourth-order valence-electron chi connectivity index (χ4n) is 3.59. The summed E-state index contributed by atoms with van der Waals surface area (Å²) in [5, 5.41) is 0. The van der Waals surface area contributed by atoms with Gasteiger partial charge in [-0.25, -0.2) is 13.2 Å². The lowest BCUT2D eigenvalue weighted by molar-refractivity contribution is -0.131. The molecule has 10 nitrogen and oxygen atoms in total. The molecule has 2 amide bonds. The highest BCUT2D eigenvalue weighted by atomic mass is 32.2. The van der Waals surface area contributed by atoms with E-state index in [1.165, 1.54) is 42.2 Å². The summed E-state index contributed by atoms with van der Waals surface area (Å²) in [6.07, 6.45) is -0.427. The first-order valence-corrected chi connectivity index (χ1v) is 12.2. The third kappa shape index (κ3) is 5.53. The molecule has 1 fully saturated rings. The number of nitrogens with zero attached hydrogens (tertiary/aromatic N) is 3. The summed E-state index contributed by atoms with van der Waals surface area (Å²) in [6.45, 7) is 2.70. The van der Waals surface area contributed by atoms with Crippen LogP contribution in [-0.2, 0) is 19.6 Å². The van der Waals surface area contributed by atoms with Crippen molar-refractivity contribution in [2.45, 2.75) is 11.8 Å². The normalized spacial score (nSPS) is 13.9. The van der Waals surface area contributed by atoms with Gasteiger partial charge in [0.1, 0.15) is 18.0 Å². The number of hydrogen-bond donors (Lipinski definition) is 0. The van der Waals surface area contributed by atoms with Crippen molar-refractivity contribution in [2.24, 2.45) is 0 Å². The lowest BCUT2D eigenvalue weighted by Crippen LogP contribution is -2.53. The summed E-state index contributed by atoms with van der Waals surface area (Å²) in [7, 11) is -1.22. The number of ether oxygens (including phenoxy) is 3. The molecule has 0 N–H and O–H groups in total. The quantitative estimate of drug-likeness (QED) is 0.557. The van der Waals surface area contributed by atoms with E-state index < -0.39 is 28.6 Å². The molecular formula is C23H29N3O7S. The van der Waals surface area contributed by atoms with Gasteiger partial charge in [0.25, 0.3) is 10.0 Å². The van der Waals surface area contributed by atoms with E-state index in [0.717, 1.165) is 4.31 Å². The fourth-order valence-corrected chi connectivity index (χ4v) is 5.02. The first-order chi connectivity index (χ1) is 16.3. The van der Waals surface area contributed by atoms with Gasteiger partial charge in [0.05, 0.1) is 31.4 Å². The van der Waals surface area contributed by atoms with Crippen LogP contribution in [0.25, 0.3) is 0 Å². The second-order valence-corrected chi connectivity index (χ2v) is 9.29. The topological polar surface area (TPSA) is 106 Å². The number of anilines is 1. The largest absolute Gasteiger partial charge is 0.497 e. The Bertz CT molecular complexity index is 1100. The molecular weight excluding hydrogens is 462 g/mol. The van der Waals surface area contributed by atoms with E-state index in [0.29, 0.717) is 18.8 Å². The van der Waals surface area contributed by atoms with Gasteiger partial charge in [-0.05, 0) is 31.2 Å². The first-order valence-electron chi connectivity index (χ1n) is 10.8. The molecule has 0 spiro atoms. The average Bonchev–Trinajstić information content (AvgIpc) is 2.87. The van der Waals surface area contributed by atoms with Crippen LogP contribution in [-0.4, -0.2) is 83.8 Å². The molecule has 0 radical (unpaired) electrons. The number of carbonyl (C=O) groups excluding carboxylic acids is 2. The Kier molecular flexibility index (Phi) is 8.21. The van der Waals surface area contributed by atoms with Crippen LogP contribution in [0.1, 0.15) is 6.92 Å². The van der Waals surface area contributed by atoms with E-state index >= 15 is 0 Å². The maximum atomic E-state index is 13.6. The van der Waals surface area contributed by atoms with E-state index in [2.05, 4.69) is 0 Å². The molecule has 0 bridgehead atoms. The summed E-state index contributed by atoms with van der Waals surface area (Å²) >= 11 is 0. The molecule has 1 aliphatic rings. The number of hydrogen-bond acceptors (Lipinski definition) is 7. The van der Waals surface area contributed by atoms with Gasteiger partial charge in [-0.2, -0.15) is 0 Å². The average molecular weight is 492 g/mol. The van der Waals surface area contributed by atoms with E-state index in [9.17, 15) is 18.0 Å². The number of benzene rings is 2. The van der Waals surface area contributed by atoms with E-state index in [-0.39, 0.29) is 36.0 Å². The van der Waals surface area contributed by atoms with Crippen molar-refractivity contribution in [1.82, 2.24) is 9.80 Å². The molecule has 11 heteroatoms. The molecule has 0 unspecified atom stereocenters. The van der Waals surface area contributed by atoms with Crippen molar-refractivity contribution >= 4 is 27.7 Å². The predicted molar refractivity (Wildman–Crippen MR) is 126 cm³/mol. The molecule has 0 atom stereocenters. The van der Waals surface area contributed by atoms with Crippen LogP contribution in [0.15, 0.2) is 53.4 Å².